The van der Waals surface area contributed by atoms with E-state index < -0.39 is 0 Å². The molecule has 1 unspecified atom stereocenters. The molecule has 1 saturated heterocycles. The first-order valence-electron chi connectivity index (χ1n) is 13.2. The van der Waals surface area contributed by atoms with Crippen molar-refractivity contribution in [2.24, 2.45) is 0 Å². The van der Waals surface area contributed by atoms with Gasteiger partial charge in [-0.25, -0.2) is 4.79 Å². The molecule has 2 amide bonds. The van der Waals surface area contributed by atoms with Crippen LogP contribution in [0.2, 0.25) is 0 Å². The molecule has 5 rings (SSSR count). The summed E-state index contributed by atoms with van der Waals surface area (Å²) < 4.78 is 11.3. The lowest BCUT2D eigenvalue weighted by molar-refractivity contribution is 0.146. The first-order valence-corrected chi connectivity index (χ1v) is 13.2. The third-order valence-corrected chi connectivity index (χ3v) is 7.43. The average molecular weight is 515 g/mol. The topological polar surface area (TPSA) is 108 Å². The van der Waals surface area contributed by atoms with E-state index in [1.54, 1.807) is 12.1 Å². The summed E-state index contributed by atoms with van der Waals surface area (Å²) in [5.41, 5.74) is 4.22. The van der Waals surface area contributed by atoms with E-state index >= 15 is 0 Å². The molecule has 1 atom stereocenters. The fourth-order valence-electron chi connectivity index (χ4n) is 5.40. The Morgan fingerprint density at radius 3 is 2.71 bits per heavy atom. The predicted octanol–water partition coefficient (Wildman–Crippen LogP) is 4.79. The minimum Gasteiger partial charge on any atom is -0.490 e. The van der Waals surface area contributed by atoms with Gasteiger partial charge in [-0.05, 0) is 83.0 Å². The number of hydrogen-bond acceptors (Lipinski definition) is 7. The van der Waals surface area contributed by atoms with E-state index in [-0.39, 0.29) is 18.2 Å². The van der Waals surface area contributed by atoms with Gasteiger partial charge in [-0.3, -0.25) is 0 Å². The zero-order valence-corrected chi connectivity index (χ0v) is 22.4. The Morgan fingerprint density at radius 1 is 1.21 bits per heavy atom. The highest BCUT2D eigenvalue weighted by atomic mass is 16.5. The molecule has 2 heterocycles. The van der Waals surface area contributed by atoms with Crippen LogP contribution in [-0.2, 0) is 6.42 Å². The van der Waals surface area contributed by atoms with Gasteiger partial charge in [0.2, 0.25) is 5.82 Å². The number of carbonyl (C=O) groups excluding carboxylic acids is 1. The number of ether oxygens (including phenoxy) is 1. The van der Waals surface area contributed by atoms with E-state index in [1.807, 2.05) is 36.9 Å². The molecule has 9 heteroatoms. The normalized spacial score (nSPS) is 17.5. The second kappa shape index (κ2) is 10.8. The van der Waals surface area contributed by atoms with E-state index in [2.05, 4.69) is 46.6 Å². The van der Waals surface area contributed by atoms with Gasteiger partial charge in [0.05, 0.1) is 17.7 Å². The van der Waals surface area contributed by atoms with Gasteiger partial charge in [0.15, 0.2) is 0 Å². The number of aromatic nitrogens is 2. The van der Waals surface area contributed by atoms with Crippen molar-refractivity contribution in [1.82, 2.24) is 25.3 Å². The van der Waals surface area contributed by atoms with Crippen LogP contribution in [-0.4, -0.2) is 65.3 Å². The Kier molecular flexibility index (Phi) is 7.34. The van der Waals surface area contributed by atoms with Crippen molar-refractivity contribution >= 4 is 6.03 Å². The average Bonchev–Trinajstić information content (AvgIpc) is 3.56. The van der Waals surface area contributed by atoms with Gasteiger partial charge in [-0.2, -0.15) is 10.2 Å². The third kappa shape index (κ3) is 5.22. The minimum atomic E-state index is -0.0397. The van der Waals surface area contributed by atoms with Crippen molar-refractivity contribution in [2.45, 2.75) is 57.7 Å². The molecule has 1 fully saturated rings. The summed E-state index contributed by atoms with van der Waals surface area (Å²) >= 11 is 0. The van der Waals surface area contributed by atoms with Crippen LogP contribution in [0.4, 0.5) is 4.79 Å². The summed E-state index contributed by atoms with van der Waals surface area (Å²) in [5.74, 6) is 1.37. The number of carbonyl (C=O) groups is 1. The Morgan fingerprint density at radius 2 is 2.00 bits per heavy atom. The molecule has 1 aliphatic carbocycles. The molecule has 0 saturated carbocycles. The van der Waals surface area contributed by atoms with E-state index in [9.17, 15) is 10.1 Å². The second-order valence-corrected chi connectivity index (χ2v) is 10.5. The standard InChI is InChI=1S/C29H34N6O3/c1-18(2)37-26-11-8-19(16-20(26)17-30)28-32-27(33-38-28)24-7-5-6-23-22(24)9-10-25(23)31-29(36)35-14-12-21(13-15-35)34(3)4/h5-8,11,16,18,21,25H,9-10,12-15H2,1-4H3,(H,31,36). The van der Waals surface area contributed by atoms with Gasteiger partial charge >= 0.3 is 6.03 Å². The van der Waals surface area contributed by atoms with E-state index in [0.717, 1.165) is 55.5 Å². The predicted molar refractivity (Wildman–Crippen MR) is 144 cm³/mol. The lowest BCUT2D eigenvalue weighted by Gasteiger charge is -2.35. The Hall–Kier alpha value is -3.90. The molecule has 2 aromatic carbocycles. The second-order valence-electron chi connectivity index (χ2n) is 10.5. The smallest absolute Gasteiger partial charge is 0.317 e. The summed E-state index contributed by atoms with van der Waals surface area (Å²) in [5, 5.41) is 17.1. The van der Waals surface area contributed by atoms with Crippen LogP contribution in [0.25, 0.3) is 22.8 Å². The molecule has 38 heavy (non-hydrogen) atoms. The molecule has 1 N–H and O–H groups in total. The number of nitrogens with zero attached hydrogens (tertiary/aromatic N) is 5. The number of benzene rings is 2. The van der Waals surface area contributed by atoms with Crippen LogP contribution in [0.3, 0.4) is 0 Å². The van der Waals surface area contributed by atoms with Crippen molar-refractivity contribution in [3.63, 3.8) is 0 Å². The van der Waals surface area contributed by atoms with Crippen LogP contribution in [0, 0.1) is 11.3 Å². The molecule has 2 aliphatic rings. The zero-order valence-electron chi connectivity index (χ0n) is 22.4. The van der Waals surface area contributed by atoms with Crippen molar-refractivity contribution in [3.8, 4) is 34.7 Å². The molecule has 0 bridgehead atoms. The molecule has 0 spiro atoms. The molecular weight excluding hydrogens is 480 g/mol. The first-order chi connectivity index (χ1) is 18.3. The van der Waals surface area contributed by atoms with E-state index in [0.29, 0.717) is 34.6 Å². The number of rotatable bonds is 6. The number of nitriles is 1. The van der Waals surface area contributed by atoms with Crippen LogP contribution >= 0.6 is 0 Å². The van der Waals surface area contributed by atoms with E-state index in [4.69, 9.17) is 9.26 Å². The summed E-state index contributed by atoms with van der Waals surface area (Å²) in [6.45, 7) is 5.39. The number of urea groups is 1. The summed E-state index contributed by atoms with van der Waals surface area (Å²) in [7, 11) is 4.20. The molecule has 9 nitrogen and oxygen atoms in total. The maximum absolute atomic E-state index is 13.0. The van der Waals surface area contributed by atoms with Crippen LogP contribution in [0.5, 0.6) is 5.75 Å². The highest BCUT2D eigenvalue weighted by Crippen LogP contribution is 2.38. The lowest BCUT2D eigenvalue weighted by atomic mass is 10.0. The zero-order chi connectivity index (χ0) is 26.8. The fourth-order valence-corrected chi connectivity index (χ4v) is 5.40. The SMILES string of the molecule is CC(C)Oc1ccc(-c2nc(-c3cccc4c3CCC4NC(=O)N3CCC(N(C)C)CC3)no2)cc1C#N. The van der Waals surface area contributed by atoms with Gasteiger partial charge in [-0.15, -0.1) is 0 Å². The highest BCUT2D eigenvalue weighted by molar-refractivity contribution is 5.76. The van der Waals surface area contributed by atoms with Crippen molar-refractivity contribution in [1.29, 1.82) is 5.26 Å². The number of piperidine rings is 1. The molecule has 1 aromatic heterocycles. The van der Waals surface area contributed by atoms with Crippen molar-refractivity contribution in [2.75, 3.05) is 27.2 Å². The summed E-state index contributed by atoms with van der Waals surface area (Å²) in [6, 6.07) is 14.0. The Balaban J connectivity index is 1.31. The molecule has 1 aliphatic heterocycles. The largest absolute Gasteiger partial charge is 0.490 e. The van der Waals surface area contributed by atoms with Gasteiger partial charge in [0, 0.05) is 30.3 Å². The summed E-state index contributed by atoms with van der Waals surface area (Å²) in [6.07, 6.45) is 3.61. The van der Waals surface area contributed by atoms with Gasteiger partial charge in [-0.1, -0.05) is 23.4 Å². The fraction of sp³-hybridized carbons (Fsp3) is 0.448. The maximum atomic E-state index is 13.0. The number of likely N-dealkylation sites (tertiary alicyclic amines) is 1. The number of hydrogen-bond donors (Lipinski definition) is 1. The maximum Gasteiger partial charge on any atom is 0.317 e. The number of amides is 2. The van der Waals surface area contributed by atoms with Gasteiger partial charge in [0.25, 0.3) is 5.89 Å². The van der Waals surface area contributed by atoms with Crippen molar-refractivity contribution < 1.29 is 14.1 Å². The highest BCUT2D eigenvalue weighted by Gasteiger charge is 2.30. The monoisotopic (exact) mass is 514 g/mol. The third-order valence-electron chi connectivity index (χ3n) is 7.43. The van der Waals surface area contributed by atoms with Crippen LogP contribution < -0.4 is 10.1 Å². The van der Waals surface area contributed by atoms with E-state index in [1.165, 1.54) is 0 Å². The minimum absolute atomic E-state index is 0.00509. The number of fused-ring (bicyclic) bond motifs is 1. The molecule has 0 radical (unpaired) electrons. The van der Waals surface area contributed by atoms with Crippen LogP contribution in [0.1, 0.15) is 55.8 Å². The Labute approximate surface area is 223 Å². The van der Waals surface area contributed by atoms with Gasteiger partial charge in [0.1, 0.15) is 11.8 Å². The quantitative estimate of drug-likeness (QED) is 0.504. The first kappa shape index (κ1) is 25.7. The van der Waals surface area contributed by atoms with Crippen molar-refractivity contribution in [3.05, 3.63) is 53.1 Å². The number of nitrogens with one attached hydrogen (secondary N) is 1. The summed E-state index contributed by atoms with van der Waals surface area (Å²) in [4.78, 5) is 21.8. The van der Waals surface area contributed by atoms with Crippen LogP contribution in [0.15, 0.2) is 40.9 Å². The Bertz CT molecular complexity index is 1350. The molecular formula is C29H34N6O3. The van der Waals surface area contributed by atoms with Gasteiger partial charge < -0.3 is 24.4 Å². The lowest BCUT2D eigenvalue weighted by Crippen LogP contribution is -2.48. The molecule has 198 valence electrons. The molecule has 3 aromatic rings.